The molecule has 0 unspecified atom stereocenters. The monoisotopic (exact) mass is 404 g/mol. The number of carbonyl (C=O) groups excluding carboxylic acids is 3. The van der Waals surface area contributed by atoms with Crippen molar-refractivity contribution in [1.82, 2.24) is 0 Å². The molecule has 29 heavy (non-hydrogen) atoms. The molecular weight excluding hydrogens is 376 g/mol. The predicted octanol–water partition coefficient (Wildman–Crippen LogP) is 2.55. The van der Waals surface area contributed by atoms with Gasteiger partial charge in [0, 0.05) is 30.9 Å². The molecule has 7 nitrogen and oxygen atoms in total. The van der Waals surface area contributed by atoms with Gasteiger partial charge in [-0.1, -0.05) is 18.2 Å². The summed E-state index contributed by atoms with van der Waals surface area (Å²) < 4.78 is 16.6. The standard InChI is InChI=1S/C22H28O7/c1-12-6-7-17(27-16(5)24)14(3)11-19-20(15(4)22(26)29-19)18(10-12)28-21(25)13(2)8-9-23/h6,8,11,17-20,23H,4,7,9-10H2,1-3,5H3/b12-6?,13-8+,14-11?/t17-,18+,19+,20+/m0/s1. The maximum Gasteiger partial charge on any atom is 0.334 e. The third-order valence-electron chi connectivity index (χ3n) is 5.09. The largest absolute Gasteiger partial charge is 0.458 e. The SMILES string of the molecule is C=C1C(=O)O[C@@H]2C=C(C)[C@@H](OC(C)=O)CC=C(C)C[C@@H](OC(=O)/C(C)=C/CO)[C@@H]12. The zero-order valence-electron chi connectivity index (χ0n) is 17.3. The van der Waals surface area contributed by atoms with Crippen LogP contribution in [0.3, 0.4) is 0 Å². The molecule has 0 amide bonds. The molecule has 0 aromatic rings. The van der Waals surface area contributed by atoms with Crippen LogP contribution in [0.1, 0.15) is 40.5 Å². The van der Waals surface area contributed by atoms with Crippen LogP contribution < -0.4 is 0 Å². The fraction of sp³-hybridized carbons (Fsp3) is 0.500. The number of aliphatic hydroxyl groups is 1. The summed E-state index contributed by atoms with van der Waals surface area (Å²) in [6, 6.07) is 0. The molecule has 1 N–H and O–H groups in total. The van der Waals surface area contributed by atoms with Gasteiger partial charge in [-0.3, -0.25) is 4.79 Å². The predicted molar refractivity (Wildman–Crippen MR) is 106 cm³/mol. The van der Waals surface area contributed by atoms with E-state index < -0.39 is 42.1 Å². The van der Waals surface area contributed by atoms with Gasteiger partial charge < -0.3 is 19.3 Å². The van der Waals surface area contributed by atoms with Gasteiger partial charge >= 0.3 is 17.9 Å². The van der Waals surface area contributed by atoms with Gasteiger partial charge in [0.1, 0.15) is 18.3 Å². The van der Waals surface area contributed by atoms with Crippen LogP contribution in [0, 0.1) is 5.92 Å². The zero-order chi connectivity index (χ0) is 21.7. The van der Waals surface area contributed by atoms with Crippen LogP contribution in [0.4, 0.5) is 0 Å². The summed E-state index contributed by atoms with van der Waals surface area (Å²) in [7, 11) is 0. The van der Waals surface area contributed by atoms with Gasteiger partial charge in [0.2, 0.25) is 0 Å². The van der Waals surface area contributed by atoms with Gasteiger partial charge in [-0.05, 0) is 38.5 Å². The number of carbonyl (C=O) groups is 3. The molecule has 0 radical (unpaired) electrons. The van der Waals surface area contributed by atoms with Gasteiger partial charge in [-0.15, -0.1) is 0 Å². The van der Waals surface area contributed by atoms with Crippen molar-refractivity contribution >= 4 is 17.9 Å². The Bertz CT molecular complexity index is 787. The maximum atomic E-state index is 12.4. The van der Waals surface area contributed by atoms with Gasteiger partial charge in [0.25, 0.3) is 0 Å². The molecule has 0 aromatic carbocycles. The number of fused-ring (bicyclic) bond motifs is 1. The molecule has 0 aromatic heterocycles. The fourth-order valence-corrected chi connectivity index (χ4v) is 3.48. The van der Waals surface area contributed by atoms with Crippen LogP contribution in [-0.4, -0.2) is 47.9 Å². The Hall–Kier alpha value is -2.67. The lowest BCUT2D eigenvalue weighted by Gasteiger charge is -2.28. The van der Waals surface area contributed by atoms with Crippen LogP contribution in [0.25, 0.3) is 0 Å². The topological polar surface area (TPSA) is 99.1 Å². The van der Waals surface area contributed by atoms with Crippen molar-refractivity contribution in [2.75, 3.05) is 6.61 Å². The van der Waals surface area contributed by atoms with Gasteiger partial charge in [-0.25, -0.2) is 9.59 Å². The van der Waals surface area contributed by atoms with Gasteiger partial charge in [0.05, 0.1) is 12.5 Å². The van der Waals surface area contributed by atoms with E-state index in [4.69, 9.17) is 19.3 Å². The lowest BCUT2D eigenvalue weighted by Crippen LogP contribution is -2.34. The summed E-state index contributed by atoms with van der Waals surface area (Å²) in [5, 5.41) is 9.01. The van der Waals surface area contributed by atoms with Crippen molar-refractivity contribution in [3.63, 3.8) is 0 Å². The molecule has 1 saturated heterocycles. The van der Waals surface area contributed by atoms with Gasteiger partial charge in [-0.2, -0.15) is 0 Å². The van der Waals surface area contributed by atoms with E-state index in [1.165, 1.54) is 13.0 Å². The Morgan fingerprint density at radius 3 is 2.62 bits per heavy atom. The molecule has 1 heterocycles. The molecule has 0 spiro atoms. The van der Waals surface area contributed by atoms with Crippen LogP contribution in [0.5, 0.6) is 0 Å². The molecule has 1 fully saturated rings. The summed E-state index contributed by atoms with van der Waals surface area (Å²) in [5.74, 6) is -2.08. The van der Waals surface area contributed by atoms with Crippen LogP contribution in [-0.2, 0) is 28.6 Å². The number of rotatable bonds is 4. The second-order valence-corrected chi connectivity index (χ2v) is 7.43. The third kappa shape index (κ3) is 5.67. The van der Waals surface area contributed by atoms with Crippen molar-refractivity contribution < 1.29 is 33.7 Å². The molecule has 158 valence electrons. The van der Waals surface area contributed by atoms with Crippen molar-refractivity contribution in [2.24, 2.45) is 5.92 Å². The van der Waals surface area contributed by atoms with Crippen LogP contribution in [0.15, 0.2) is 47.1 Å². The smallest absolute Gasteiger partial charge is 0.334 e. The van der Waals surface area contributed by atoms with E-state index in [-0.39, 0.29) is 17.8 Å². The van der Waals surface area contributed by atoms with Crippen molar-refractivity contribution in [3.05, 3.63) is 47.1 Å². The molecule has 2 aliphatic rings. The summed E-state index contributed by atoms with van der Waals surface area (Å²) >= 11 is 0. The maximum absolute atomic E-state index is 12.4. The van der Waals surface area contributed by atoms with E-state index >= 15 is 0 Å². The lowest BCUT2D eigenvalue weighted by atomic mass is 9.85. The molecule has 2 rings (SSSR count). The highest BCUT2D eigenvalue weighted by molar-refractivity contribution is 5.92. The third-order valence-corrected chi connectivity index (χ3v) is 5.09. The average molecular weight is 404 g/mol. The Morgan fingerprint density at radius 1 is 1.31 bits per heavy atom. The molecular formula is C22H28O7. The summed E-state index contributed by atoms with van der Waals surface area (Å²) in [4.78, 5) is 36.1. The minimum atomic E-state index is -0.682. The summed E-state index contributed by atoms with van der Waals surface area (Å²) in [5.41, 5.74) is 2.17. The first-order valence-corrected chi connectivity index (χ1v) is 9.53. The lowest BCUT2D eigenvalue weighted by molar-refractivity contribution is -0.148. The summed E-state index contributed by atoms with van der Waals surface area (Å²) in [6.07, 6.45) is 4.05. The Labute approximate surface area is 170 Å². The highest BCUT2D eigenvalue weighted by atomic mass is 16.6. The van der Waals surface area contributed by atoms with Crippen molar-refractivity contribution in [1.29, 1.82) is 0 Å². The van der Waals surface area contributed by atoms with Crippen LogP contribution in [0.2, 0.25) is 0 Å². The normalized spacial score (nSPS) is 28.0. The minimum Gasteiger partial charge on any atom is -0.458 e. The van der Waals surface area contributed by atoms with Crippen LogP contribution >= 0.6 is 0 Å². The second-order valence-electron chi connectivity index (χ2n) is 7.43. The average Bonchev–Trinajstić information content (AvgIpc) is 2.90. The Balaban J connectivity index is 2.42. The van der Waals surface area contributed by atoms with E-state index in [0.29, 0.717) is 12.8 Å². The number of hydrogen-bond donors (Lipinski definition) is 1. The number of hydrogen-bond acceptors (Lipinski definition) is 7. The highest BCUT2D eigenvalue weighted by Gasteiger charge is 2.44. The molecule has 0 bridgehead atoms. The van der Waals surface area contributed by atoms with Crippen molar-refractivity contribution in [3.8, 4) is 0 Å². The van der Waals surface area contributed by atoms with E-state index in [9.17, 15) is 14.4 Å². The first-order chi connectivity index (χ1) is 13.6. The summed E-state index contributed by atoms with van der Waals surface area (Å²) in [6.45, 7) is 10.2. The second kappa shape index (κ2) is 9.69. The first-order valence-electron chi connectivity index (χ1n) is 9.53. The van der Waals surface area contributed by atoms with E-state index in [1.54, 1.807) is 19.9 Å². The molecule has 0 saturated carbocycles. The molecule has 7 heteroatoms. The number of aliphatic hydroxyl groups excluding tert-OH is 1. The Kier molecular flexibility index (Phi) is 7.56. The minimum absolute atomic E-state index is 0.234. The Morgan fingerprint density at radius 2 is 2.00 bits per heavy atom. The van der Waals surface area contributed by atoms with E-state index in [1.807, 2.05) is 13.0 Å². The highest BCUT2D eigenvalue weighted by Crippen LogP contribution is 2.36. The van der Waals surface area contributed by atoms with Crippen molar-refractivity contribution in [2.45, 2.75) is 58.8 Å². The van der Waals surface area contributed by atoms with Gasteiger partial charge in [0.15, 0.2) is 0 Å². The van der Waals surface area contributed by atoms with E-state index in [0.717, 1.165) is 11.1 Å². The number of esters is 3. The number of ether oxygens (including phenoxy) is 3. The quantitative estimate of drug-likeness (QED) is 0.333. The first kappa shape index (κ1) is 22.6. The fourth-order valence-electron chi connectivity index (χ4n) is 3.48. The molecule has 1 aliphatic carbocycles. The molecule has 1 aliphatic heterocycles. The molecule has 4 atom stereocenters. The zero-order valence-corrected chi connectivity index (χ0v) is 17.3. The van der Waals surface area contributed by atoms with E-state index in [2.05, 4.69) is 6.58 Å².